The van der Waals surface area contributed by atoms with Gasteiger partial charge in [0.2, 0.25) is 11.8 Å². The molecule has 4 heteroatoms. The highest BCUT2D eigenvalue weighted by atomic mass is 16.2. The molecule has 0 spiro atoms. The van der Waals surface area contributed by atoms with Crippen molar-refractivity contribution in [3.05, 3.63) is 11.6 Å². The lowest BCUT2D eigenvalue weighted by Crippen LogP contribution is -2.50. The SMILES string of the molecule is CC/C=C(/C)C(=O)N1CCNC(=O)C1. The molecule has 0 radical (unpaired) electrons. The summed E-state index contributed by atoms with van der Waals surface area (Å²) < 4.78 is 0. The number of hydrogen-bond donors (Lipinski definition) is 1. The van der Waals surface area contributed by atoms with Crippen LogP contribution in [0, 0.1) is 0 Å². The molecular formula is C10H16N2O2. The summed E-state index contributed by atoms with van der Waals surface area (Å²) in [6.45, 7) is 5.13. The van der Waals surface area contributed by atoms with Gasteiger partial charge in [-0.2, -0.15) is 0 Å². The fourth-order valence-corrected chi connectivity index (χ4v) is 1.45. The van der Waals surface area contributed by atoms with Gasteiger partial charge in [-0.25, -0.2) is 0 Å². The van der Waals surface area contributed by atoms with E-state index >= 15 is 0 Å². The van der Waals surface area contributed by atoms with Crippen LogP contribution in [-0.4, -0.2) is 36.3 Å². The highest BCUT2D eigenvalue weighted by molar-refractivity contribution is 5.95. The molecule has 0 aromatic heterocycles. The Morgan fingerprint density at radius 2 is 2.36 bits per heavy atom. The predicted octanol–water partition coefficient (Wildman–Crippen LogP) is 0.301. The van der Waals surface area contributed by atoms with Gasteiger partial charge in [-0.05, 0) is 13.3 Å². The second-order valence-electron chi connectivity index (χ2n) is 3.37. The number of carbonyl (C=O) groups excluding carboxylic acids is 2. The van der Waals surface area contributed by atoms with E-state index in [1.54, 1.807) is 11.8 Å². The topological polar surface area (TPSA) is 49.4 Å². The van der Waals surface area contributed by atoms with Gasteiger partial charge in [0.15, 0.2) is 0 Å². The van der Waals surface area contributed by atoms with Crippen LogP contribution in [0.15, 0.2) is 11.6 Å². The Hall–Kier alpha value is -1.32. The number of allylic oxidation sites excluding steroid dienone is 1. The van der Waals surface area contributed by atoms with Crippen LogP contribution in [0.1, 0.15) is 20.3 Å². The average Bonchev–Trinajstić information content (AvgIpc) is 2.17. The van der Waals surface area contributed by atoms with Gasteiger partial charge in [-0.3, -0.25) is 9.59 Å². The van der Waals surface area contributed by atoms with Crippen molar-refractivity contribution < 1.29 is 9.59 Å². The Morgan fingerprint density at radius 3 is 2.93 bits per heavy atom. The van der Waals surface area contributed by atoms with Crippen LogP contribution in [0.2, 0.25) is 0 Å². The molecule has 0 aromatic rings. The van der Waals surface area contributed by atoms with Crippen molar-refractivity contribution in [2.45, 2.75) is 20.3 Å². The van der Waals surface area contributed by atoms with Gasteiger partial charge in [-0.1, -0.05) is 13.0 Å². The summed E-state index contributed by atoms with van der Waals surface area (Å²) in [6, 6.07) is 0. The molecule has 0 saturated carbocycles. The smallest absolute Gasteiger partial charge is 0.249 e. The van der Waals surface area contributed by atoms with Gasteiger partial charge >= 0.3 is 0 Å². The average molecular weight is 196 g/mol. The number of nitrogens with one attached hydrogen (secondary N) is 1. The van der Waals surface area contributed by atoms with Crippen LogP contribution in [0.4, 0.5) is 0 Å². The fourth-order valence-electron chi connectivity index (χ4n) is 1.45. The first-order valence-electron chi connectivity index (χ1n) is 4.88. The molecule has 1 saturated heterocycles. The number of rotatable bonds is 2. The standard InChI is InChI=1S/C10H16N2O2/c1-3-4-8(2)10(14)12-6-5-11-9(13)7-12/h4H,3,5-7H2,1-2H3,(H,11,13)/b8-4-. The van der Waals surface area contributed by atoms with Crippen LogP contribution in [0.3, 0.4) is 0 Å². The summed E-state index contributed by atoms with van der Waals surface area (Å²) in [5.41, 5.74) is 0.724. The fraction of sp³-hybridized carbons (Fsp3) is 0.600. The van der Waals surface area contributed by atoms with Gasteiger partial charge < -0.3 is 10.2 Å². The quantitative estimate of drug-likeness (QED) is 0.646. The predicted molar refractivity (Wildman–Crippen MR) is 53.6 cm³/mol. The Morgan fingerprint density at radius 1 is 1.64 bits per heavy atom. The molecule has 1 rings (SSSR count). The minimum atomic E-state index is -0.0751. The van der Waals surface area contributed by atoms with Gasteiger partial charge in [0.1, 0.15) is 0 Å². The van der Waals surface area contributed by atoms with E-state index in [2.05, 4.69) is 5.32 Å². The van der Waals surface area contributed by atoms with E-state index in [0.29, 0.717) is 13.1 Å². The number of carbonyl (C=O) groups is 2. The summed E-state index contributed by atoms with van der Waals surface area (Å²) in [5, 5.41) is 2.69. The molecule has 0 atom stereocenters. The van der Waals surface area contributed by atoms with Crippen LogP contribution in [0.5, 0.6) is 0 Å². The molecule has 1 N–H and O–H groups in total. The molecule has 14 heavy (non-hydrogen) atoms. The molecule has 78 valence electrons. The Labute approximate surface area is 84.0 Å². The third-order valence-corrected chi connectivity index (χ3v) is 2.17. The second-order valence-corrected chi connectivity index (χ2v) is 3.37. The Kier molecular flexibility index (Phi) is 3.68. The van der Waals surface area contributed by atoms with Crippen molar-refractivity contribution >= 4 is 11.8 Å². The first kappa shape index (κ1) is 10.8. The molecule has 1 aliphatic rings. The highest BCUT2D eigenvalue weighted by Crippen LogP contribution is 2.04. The molecule has 0 bridgehead atoms. The van der Waals surface area contributed by atoms with Gasteiger partial charge in [-0.15, -0.1) is 0 Å². The lowest BCUT2D eigenvalue weighted by Gasteiger charge is -2.26. The largest absolute Gasteiger partial charge is 0.353 e. The zero-order chi connectivity index (χ0) is 10.6. The van der Waals surface area contributed by atoms with Gasteiger partial charge in [0.05, 0.1) is 6.54 Å². The Balaban J connectivity index is 2.60. The maximum Gasteiger partial charge on any atom is 0.249 e. The lowest BCUT2D eigenvalue weighted by molar-refractivity contribution is -0.135. The summed E-state index contributed by atoms with van der Waals surface area (Å²) >= 11 is 0. The normalized spacial score (nSPS) is 18.0. The summed E-state index contributed by atoms with van der Waals surface area (Å²) in [6.07, 6.45) is 2.73. The zero-order valence-corrected chi connectivity index (χ0v) is 8.67. The number of amides is 2. The van der Waals surface area contributed by atoms with Crippen molar-refractivity contribution in [1.29, 1.82) is 0 Å². The van der Waals surface area contributed by atoms with E-state index < -0.39 is 0 Å². The van der Waals surface area contributed by atoms with E-state index in [1.165, 1.54) is 0 Å². The number of nitrogens with zero attached hydrogens (tertiary/aromatic N) is 1. The molecule has 1 heterocycles. The van der Waals surface area contributed by atoms with E-state index in [4.69, 9.17) is 0 Å². The van der Waals surface area contributed by atoms with E-state index in [1.807, 2.05) is 13.0 Å². The van der Waals surface area contributed by atoms with Crippen molar-refractivity contribution in [3.63, 3.8) is 0 Å². The third-order valence-electron chi connectivity index (χ3n) is 2.17. The molecule has 1 aliphatic heterocycles. The van der Waals surface area contributed by atoms with Crippen molar-refractivity contribution in [1.82, 2.24) is 10.2 Å². The molecule has 0 aromatic carbocycles. The van der Waals surface area contributed by atoms with Crippen LogP contribution in [0.25, 0.3) is 0 Å². The van der Waals surface area contributed by atoms with E-state index in [0.717, 1.165) is 12.0 Å². The van der Waals surface area contributed by atoms with Crippen LogP contribution in [-0.2, 0) is 9.59 Å². The lowest BCUT2D eigenvalue weighted by atomic mass is 10.2. The molecule has 0 unspecified atom stereocenters. The zero-order valence-electron chi connectivity index (χ0n) is 8.67. The monoisotopic (exact) mass is 196 g/mol. The van der Waals surface area contributed by atoms with E-state index in [9.17, 15) is 9.59 Å². The highest BCUT2D eigenvalue weighted by Gasteiger charge is 2.21. The molecule has 0 aliphatic carbocycles. The summed E-state index contributed by atoms with van der Waals surface area (Å²) in [4.78, 5) is 24.3. The Bertz CT molecular complexity index is 271. The first-order chi connectivity index (χ1) is 6.65. The molecule has 2 amide bonds. The van der Waals surface area contributed by atoms with Crippen LogP contribution >= 0.6 is 0 Å². The van der Waals surface area contributed by atoms with Gasteiger partial charge in [0.25, 0.3) is 0 Å². The number of hydrogen-bond acceptors (Lipinski definition) is 2. The maximum absolute atomic E-state index is 11.7. The second kappa shape index (κ2) is 4.79. The van der Waals surface area contributed by atoms with Crippen molar-refractivity contribution in [2.75, 3.05) is 19.6 Å². The molecular weight excluding hydrogens is 180 g/mol. The van der Waals surface area contributed by atoms with E-state index in [-0.39, 0.29) is 18.4 Å². The third kappa shape index (κ3) is 2.58. The van der Waals surface area contributed by atoms with Gasteiger partial charge in [0, 0.05) is 18.7 Å². The number of piperazine rings is 1. The molecule has 1 fully saturated rings. The van der Waals surface area contributed by atoms with Crippen molar-refractivity contribution in [3.8, 4) is 0 Å². The first-order valence-corrected chi connectivity index (χ1v) is 4.88. The minimum absolute atomic E-state index is 0.0262. The maximum atomic E-state index is 11.7. The van der Waals surface area contributed by atoms with Crippen LogP contribution < -0.4 is 5.32 Å². The summed E-state index contributed by atoms with van der Waals surface area (Å²) in [7, 11) is 0. The minimum Gasteiger partial charge on any atom is -0.353 e. The summed E-state index contributed by atoms with van der Waals surface area (Å²) in [5.74, 6) is -0.101. The van der Waals surface area contributed by atoms with Crippen molar-refractivity contribution in [2.24, 2.45) is 0 Å². The molecule has 4 nitrogen and oxygen atoms in total.